The summed E-state index contributed by atoms with van der Waals surface area (Å²) in [6.07, 6.45) is 19.5. The van der Waals surface area contributed by atoms with Crippen LogP contribution in [0.5, 0.6) is 0 Å². The maximum atomic E-state index is 11.7. The van der Waals surface area contributed by atoms with Gasteiger partial charge in [0.1, 0.15) is 6.04 Å². The number of nitrogens with one attached hydrogen (secondary N) is 1. The van der Waals surface area contributed by atoms with Crippen molar-refractivity contribution in [2.45, 2.75) is 90.0 Å². The Balaban J connectivity index is 3.60. The normalized spacial score (nSPS) is 12.5. The van der Waals surface area contributed by atoms with Crippen molar-refractivity contribution in [3.63, 3.8) is 0 Å². The minimum Gasteiger partial charge on any atom is -0.480 e. The molecule has 6 heteroatoms. The topological polar surface area (TPSA) is 109 Å². The van der Waals surface area contributed by atoms with E-state index in [1.165, 1.54) is 19.3 Å². The van der Waals surface area contributed by atoms with Crippen molar-refractivity contribution in [1.82, 2.24) is 5.32 Å². The number of amides is 2. The summed E-state index contributed by atoms with van der Waals surface area (Å²) in [5.74, 6) is -2.34. The number of primary amides is 1. The molecule has 4 N–H and O–H groups in total. The molecule has 0 aromatic rings. The highest BCUT2D eigenvalue weighted by atomic mass is 16.4. The minimum absolute atomic E-state index is 0.271. The van der Waals surface area contributed by atoms with E-state index in [0.29, 0.717) is 6.42 Å². The van der Waals surface area contributed by atoms with Crippen LogP contribution in [0.1, 0.15) is 84.0 Å². The Morgan fingerprint density at radius 2 is 1.52 bits per heavy atom. The molecule has 0 spiro atoms. The fraction of sp³-hybridized carbons (Fsp3) is 0.667. The van der Waals surface area contributed by atoms with Gasteiger partial charge in [-0.2, -0.15) is 0 Å². The van der Waals surface area contributed by atoms with Crippen LogP contribution < -0.4 is 11.1 Å². The molecule has 0 aliphatic heterocycles. The lowest BCUT2D eigenvalue weighted by Gasteiger charge is -2.12. The van der Waals surface area contributed by atoms with Gasteiger partial charge in [-0.25, -0.2) is 4.79 Å². The quantitative estimate of drug-likeness (QED) is 0.263. The standard InChI is InChI=1S/C21H36N2O4/c1-2-3-4-5-6-7-8-9-10-11-12-13-14-15-16-20(25)23-18(21(26)27)17-19(22)24/h5-6,8-9,18H,2-4,7,10-17H2,1H3,(H2,22,24)(H,23,25)(H,26,27)/b6-5-,9-8-/t18-/m0/s1. The molecule has 0 radical (unpaired) electrons. The first-order valence-corrected chi connectivity index (χ1v) is 10.1. The highest BCUT2D eigenvalue weighted by Gasteiger charge is 2.21. The summed E-state index contributed by atoms with van der Waals surface area (Å²) >= 11 is 0. The zero-order chi connectivity index (χ0) is 20.3. The van der Waals surface area contributed by atoms with Crippen molar-refractivity contribution < 1.29 is 19.5 Å². The second-order valence-corrected chi connectivity index (χ2v) is 6.76. The molecule has 0 unspecified atom stereocenters. The van der Waals surface area contributed by atoms with Gasteiger partial charge in [0.05, 0.1) is 6.42 Å². The molecule has 0 saturated heterocycles. The third kappa shape index (κ3) is 17.1. The molecular weight excluding hydrogens is 344 g/mol. The first-order valence-electron chi connectivity index (χ1n) is 10.1. The second kappa shape index (κ2) is 17.3. The monoisotopic (exact) mass is 380 g/mol. The maximum Gasteiger partial charge on any atom is 0.326 e. The lowest BCUT2D eigenvalue weighted by atomic mass is 10.1. The third-order valence-corrected chi connectivity index (χ3v) is 4.14. The Morgan fingerprint density at radius 1 is 0.926 bits per heavy atom. The van der Waals surface area contributed by atoms with E-state index in [0.717, 1.165) is 38.5 Å². The maximum absolute atomic E-state index is 11.7. The summed E-state index contributed by atoms with van der Waals surface area (Å²) < 4.78 is 0. The van der Waals surface area contributed by atoms with E-state index in [1.54, 1.807) is 0 Å². The number of hydrogen-bond acceptors (Lipinski definition) is 3. The average Bonchev–Trinajstić information content (AvgIpc) is 2.61. The molecule has 27 heavy (non-hydrogen) atoms. The number of hydrogen-bond donors (Lipinski definition) is 3. The molecule has 0 aliphatic rings. The molecule has 0 heterocycles. The molecule has 0 aromatic heterocycles. The van der Waals surface area contributed by atoms with Crippen LogP contribution in [-0.2, 0) is 14.4 Å². The van der Waals surface area contributed by atoms with E-state index in [9.17, 15) is 14.4 Å². The van der Waals surface area contributed by atoms with E-state index in [4.69, 9.17) is 10.8 Å². The second-order valence-electron chi connectivity index (χ2n) is 6.76. The van der Waals surface area contributed by atoms with Gasteiger partial charge in [-0.1, -0.05) is 63.3 Å². The Kier molecular flexibility index (Phi) is 16.0. The molecule has 0 aliphatic carbocycles. The molecule has 0 rings (SSSR count). The molecule has 0 fully saturated rings. The predicted octanol–water partition coefficient (Wildman–Crippen LogP) is 3.85. The first-order chi connectivity index (χ1) is 13.0. The average molecular weight is 381 g/mol. The largest absolute Gasteiger partial charge is 0.480 e. The van der Waals surface area contributed by atoms with E-state index in [1.807, 2.05) is 0 Å². The van der Waals surface area contributed by atoms with Gasteiger partial charge < -0.3 is 16.2 Å². The van der Waals surface area contributed by atoms with Crippen LogP contribution in [0.4, 0.5) is 0 Å². The number of carboxylic acids is 1. The lowest BCUT2D eigenvalue weighted by Crippen LogP contribution is -2.43. The number of unbranched alkanes of at least 4 members (excludes halogenated alkanes) is 7. The summed E-state index contributed by atoms with van der Waals surface area (Å²) in [7, 11) is 0. The summed E-state index contributed by atoms with van der Waals surface area (Å²) in [6, 6.07) is -1.23. The van der Waals surface area contributed by atoms with Crippen LogP contribution in [0, 0.1) is 0 Å². The van der Waals surface area contributed by atoms with Crippen LogP contribution >= 0.6 is 0 Å². The van der Waals surface area contributed by atoms with Gasteiger partial charge in [-0.3, -0.25) is 9.59 Å². The van der Waals surface area contributed by atoms with Gasteiger partial charge in [0.2, 0.25) is 11.8 Å². The van der Waals surface area contributed by atoms with Gasteiger partial charge in [-0.15, -0.1) is 0 Å². The number of nitrogens with two attached hydrogens (primary N) is 1. The highest BCUT2D eigenvalue weighted by molar-refractivity contribution is 5.88. The molecule has 6 nitrogen and oxygen atoms in total. The van der Waals surface area contributed by atoms with Gasteiger partial charge >= 0.3 is 5.97 Å². The summed E-state index contributed by atoms with van der Waals surface area (Å²) in [6.45, 7) is 2.20. The van der Waals surface area contributed by atoms with E-state index < -0.39 is 17.9 Å². The minimum atomic E-state index is -1.24. The lowest BCUT2D eigenvalue weighted by molar-refractivity contribution is -0.143. The number of carboxylic acid groups (broad SMARTS) is 1. The number of carbonyl (C=O) groups excluding carboxylic acids is 2. The summed E-state index contributed by atoms with van der Waals surface area (Å²) in [5, 5.41) is 11.3. The van der Waals surface area contributed by atoms with Crippen molar-refractivity contribution in [2.24, 2.45) is 5.73 Å². The van der Waals surface area contributed by atoms with Crippen LogP contribution in [0.2, 0.25) is 0 Å². The van der Waals surface area contributed by atoms with Gasteiger partial charge in [0.25, 0.3) is 0 Å². The van der Waals surface area contributed by atoms with E-state index in [2.05, 4.69) is 36.5 Å². The van der Waals surface area contributed by atoms with E-state index >= 15 is 0 Å². The molecule has 0 saturated carbocycles. The number of allylic oxidation sites excluding steroid dienone is 4. The van der Waals surface area contributed by atoms with Crippen molar-refractivity contribution in [3.05, 3.63) is 24.3 Å². The SMILES string of the molecule is CCCC/C=C\C/C=C\CCCCCCCC(=O)N[C@@H](CC(N)=O)C(=O)O. The van der Waals surface area contributed by atoms with Gasteiger partial charge in [0.15, 0.2) is 0 Å². The summed E-state index contributed by atoms with van der Waals surface area (Å²) in [4.78, 5) is 33.4. The van der Waals surface area contributed by atoms with Gasteiger partial charge in [0, 0.05) is 6.42 Å². The van der Waals surface area contributed by atoms with Crippen LogP contribution in [-0.4, -0.2) is 28.9 Å². The van der Waals surface area contributed by atoms with Crippen LogP contribution in [0.25, 0.3) is 0 Å². The molecule has 1 atom stereocenters. The van der Waals surface area contributed by atoms with Gasteiger partial charge in [-0.05, 0) is 32.1 Å². The van der Waals surface area contributed by atoms with Crippen molar-refractivity contribution in [3.8, 4) is 0 Å². The zero-order valence-electron chi connectivity index (χ0n) is 16.6. The van der Waals surface area contributed by atoms with Crippen molar-refractivity contribution in [2.75, 3.05) is 0 Å². The zero-order valence-corrected chi connectivity index (χ0v) is 16.6. The van der Waals surface area contributed by atoms with Crippen LogP contribution in [0.3, 0.4) is 0 Å². The van der Waals surface area contributed by atoms with Crippen molar-refractivity contribution in [1.29, 1.82) is 0 Å². The Bertz CT molecular complexity index is 487. The smallest absolute Gasteiger partial charge is 0.326 e. The molecular formula is C21H36N2O4. The molecule has 0 bridgehead atoms. The number of rotatable bonds is 17. The fourth-order valence-electron chi connectivity index (χ4n) is 2.57. The van der Waals surface area contributed by atoms with E-state index in [-0.39, 0.29) is 18.7 Å². The highest BCUT2D eigenvalue weighted by Crippen LogP contribution is 2.08. The Morgan fingerprint density at radius 3 is 2.11 bits per heavy atom. The number of carbonyl (C=O) groups is 3. The molecule has 2 amide bonds. The third-order valence-electron chi connectivity index (χ3n) is 4.14. The molecule has 0 aromatic carbocycles. The Hall–Kier alpha value is -2.11. The summed E-state index contributed by atoms with van der Waals surface area (Å²) in [5.41, 5.74) is 4.98. The Labute approximate surface area is 163 Å². The number of aliphatic carboxylic acids is 1. The molecule has 154 valence electrons. The fourth-order valence-corrected chi connectivity index (χ4v) is 2.57. The predicted molar refractivity (Wildman–Crippen MR) is 108 cm³/mol. The van der Waals surface area contributed by atoms with Crippen molar-refractivity contribution >= 4 is 17.8 Å². The first kappa shape index (κ1) is 24.9. The van der Waals surface area contributed by atoms with Crippen LogP contribution in [0.15, 0.2) is 24.3 Å².